The summed E-state index contributed by atoms with van der Waals surface area (Å²) in [4.78, 5) is 26.9. The first-order valence-electron chi connectivity index (χ1n) is 11.7. The van der Waals surface area contributed by atoms with Crippen LogP contribution in [-0.2, 0) is 26.0 Å². The van der Waals surface area contributed by atoms with Gasteiger partial charge in [-0.05, 0) is 67.1 Å². The first-order valence-corrected chi connectivity index (χ1v) is 13.1. The minimum atomic E-state index is -3.55. The molecule has 0 aromatic heterocycles. The number of benzene rings is 2. The molecule has 34 heavy (non-hydrogen) atoms. The van der Waals surface area contributed by atoms with Crippen LogP contribution in [0.25, 0.3) is 0 Å². The molecule has 2 fully saturated rings. The van der Waals surface area contributed by atoms with Gasteiger partial charge in [-0.2, -0.15) is 4.31 Å². The number of amides is 2. The van der Waals surface area contributed by atoms with Gasteiger partial charge < -0.3 is 10.2 Å². The van der Waals surface area contributed by atoms with E-state index in [4.69, 9.17) is 0 Å². The molecule has 1 atom stereocenters. The number of rotatable bonds is 7. The highest BCUT2D eigenvalue weighted by Gasteiger charge is 2.35. The molecule has 2 aliphatic rings. The van der Waals surface area contributed by atoms with Gasteiger partial charge in [0.2, 0.25) is 21.8 Å². The molecule has 9 heteroatoms. The van der Waals surface area contributed by atoms with E-state index in [1.54, 1.807) is 24.3 Å². The number of hydrogen-bond donors (Lipinski definition) is 1. The van der Waals surface area contributed by atoms with Crippen molar-refractivity contribution >= 4 is 27.5 Å². The van der Waals surface area contributed by atoms with Crippen molar-refractivity contribution in [3.8, 4) is 0 Å². The minimum Gasteiger partial charge on any atom is -0.355 e. The largest absolute Gasteiger partial charge is 0.355 e. The van der Waals surface area contributed by atoms with E-state index in [0.29, 0.717) is 37.7 Å². The number of halogens is 1. The lowest BCUT2D eigenvalue weighted by atomic mass is 10.0. The molecule has 182 valence electrons. The molecular weight excluding hydrogens is 457 g/mol. The van der Waals surface area contributed by atoms with Crippen molar-refractivity contribution < 1.29 is 22.4 Å². The Morgan fingerprint density at radius 3 is 2.35 bits per heavy atom. The summed E-state index contributed by atoms with van der Waals surface area (Å²) >= 11 is 0. The maximum absolute atomic E-state index is 13.0. The molecule has 0 spiro atoms. The summed E-state index contributed by atoms with van der Waals surface area (Å²) in [6.45, 7) is 3.82. The van der Waals surface area contributed by atoms with Crippen molar-refractivity contribution in [3.05, 3.63) is 59.9 Å². The van der Waals surface area contributed by atoms with Crippen LogP contribution in [0.1, 0.15) is 31.7 Å². The van der Waals surface area contributed by atoms with E-state index in [0.717, 1.165) is 18.4 Å². The third-order valence-corrected chi connectivity index (χ3v) is 8.56. The molecule has 1 unspecified atom stereocenters. The van der Waals surface area contributed by atoms with E-state index < -0.39 is 15.9 Å². The Hall–Kier alpha value is -2.78. The lowest BCUT2D eigenvalue weighted by Crippen LogP contribution is -2.37. The van der Waals surface area contributed by atoms with Crippen LogP contribution in [0.5, 0.6) is 0 Å². The fourth-order valence-electron chi connectivity index (χ4n) is 4.43. The van der Waals surface area contributed by atoms with Gasteiger partial charge >= 0.3 is 0 Å². The van der Waals surface area contributed by atoms with Crippen LogP contribution in [-0.4, -0.2) is 50.7 Å². The first-order chi connectivity index (χ1) is 16.2. The summed E-state index contributed by atoms with van der Waals surface area (Å²) in [6.07, 6.45) is 2.39. The fraction of sp³-hybridized carbons (Fsp3) is 0.440. The second-order valence-corrected chi connectivity index (χ2v) is 11.1. The topological polar surface area (TPSA) is 86.8 Å². The van der Waals surface area contributed by atoms with Crippen molar-refractivity contribution in [2.24, 2.45) is 11.8 Å². The molecule has 1 N–H and O–H groups in total. The van der Waals surface area contributed by atoms with Crippen LogP contribution >= 0.6 is 0 Å². The highest BCUT2D eigenvalue weighted by atomic mass is 32.2. The Morgan fingerprint density at radius 1 is 1.06 bits per heavy atom. The zero-order valence-corrected chi connectivity index (χ0v) is 20.1. The number of nitrogens with zero attached hydrogens (tertiary/aromatic N) is 2. The Bertz CT molecular complexity index is 1130. The van der Waals surface area contributed by atoms with Crippen LogP contribution in [0.15, 0.2) is 53.4 Å². The lowest BCUT2D eigenvalue weighted by molar-refractivity contribution is -0.126. The van der Waals surface area contributed by atoms with E-state index >= 15 is 0 Å². The van der Waals surface area contributed by atoms with Crippen molar-refractivity contribution in [3.63, 3.8) is 0 Å². The van der Waals surface area contributed by atoms with Crippen LogP contribution in [0.2, 0.25) is 0 Å². The Balaban J connectivity index is 1.33. The third-order valence-electron chi connectivity index (χ3n) is 6.65. The molecule has 0 bridgehead atoms. The van der Waals surface area contributed by atoms with E-state index in [9.17, 15) is 22.4 Å². The smallest absolute Gasteiger partial charge is 0.243 e. The number of hydrogen-bond acceptors (Lipinski definition) is 4. The number of anilines is 1. The quantitative estimate of drug-likeness (QED) is 0.651. The van der Waals surface area contributed by atoms with Crippen LogP contribution in [0.4, 0.5) is 10.1 Å². The maximum Gasteiger partial charge on any atom is 0.243 e. The highest BCUT2D eigenvalue weighted by molar-refractivity contribution is 7.89. The number of nitrogens with one attached hydrogen (secondary N) is 1. The number of sulfonamides is 1. The van der Waals surface area contributed by atoms with Gasteiger partial charge in [-0.15, -0.1) is 0 Å². The fourth-order valence-corrected chi connectivity index (χ4v) is 5.90. The summed E-state index contributed by atoms with van der Waals surface area (Å²) in [5, 5.41) is 2.85. The Labute approximate surface area is 200 Å². The summed E-state index contributed by atoms with van der Waals surface area (Å²) in [6, 6.07) is 12.5. The van der Waals surface area contributed by atoms with E-state index in [-0.39, 0.29) is 35.5 Å². The average molecular weight is 488 g/mol. The first kappa shape index (κ1) is 24.3. The molecule has 0 radical (unpaired) electrons. The van der Waals surface area contributed by atoms with Gasteiger partial charge in [0.05, 0.1) is 10.8 Å². The van der Waals surface area contributed by atoms with E-state index in [2.05, 4.69) is 12.2 Å². The van der Waals surface area contributed by atoms with Gasteiger partial charge in [-0.3, -0.25) is 9.59 Å². The molecule has 2 heterocycles. The zero-order valence-electron chi connectivity index (χ0n) is 19.2. The van der Waals surface area contributed by atoms with Gasteiger partial charge in [0.1, 0.15) is 5.82 Å². The van der Waals surface area contributed by atoms with E-state index in [1.165, 1.54) is 33.5 Å². The highest BCUT2D eigenvalue weighted by Crippen LogP contribution is 2.28. The molecule has 2 saturated heterocycles. The van der Waals surface area contributed by atoms with Gasteiger partial charge in [0, 0.05) is 38.3 Å². The second-order valence-electron chi connectivity index (χ2n) is 9.15. The van der Waals surface area contributed by atoms with Crippen LogP contribution < -0.4 is 10.2 Å². The average Bonchev–Trinajstić information content (AvgIpc) is 3.22. The van der Waals surface area contributed by atoms with Gasteiger partial charge in [-0.25, -0.2) is 12.8 Å². The normalized spacial score (nSPS) is 20.0. The number of carbonyl (C=O) groups is 2. The number of carbonyl (C=O) groups excluding carboxylic acids is 2. The van der Waals surface area contributed by atoms with Crippen LogP contribution in [0, 0.1) is 17.7 Å². The molecule has 4 rings (SSSR count). The molecule has 2 aliphatic heterocycles. The number of piperidine rings is 1. The molecule has 2 aromatic rings. The summed E-state index contributed by atoms with van der Waals surface area (Å²) < 4.78 is 40.4. The van der Waals surface area contributed by atoms with Crippen molar-refractivity contribution in [2.75, 3.05) is 31.1 Å². The molecule has 7 nitrogen and oxygen atoms in total. The monoisotopic (exact) mass is 487 g/mol. The summed E-state index contributed by atoms with van der Waals surface area (Å²) in [5.74, 6) is -0.609. The molecular formula is C25H30FN3O4S. The summed E-state index contributed by atoms with van der Waals surface area (Å²) in [5.41, 5.74) is 1.50. The Morgan fingerprint density at radius 2 is 1.71 bits per heavy atom. The van der Waals surface area contributed by atoms with Gasteiger partial charge in [0.25, 0.3) is 0 Å². The molecule has 2 aromatic carbocycles. The Kier molecular flexibility index (Phi) is 7.33. The lowest BCUT2D eigenvalue weighted by Gasteiger charge is -2.29. The van der Waals surface area contributed by atoms with Gasteiger partial charge in [0.15, 0.2) is 0 Å². The molecule has 2 amide bonds. The SMILES string of the molecule is CC1CCN(S(=O)(=O)c2ccc(N3CC(C(=O)NCCc4ccc(F)cc4)CC3=O)cc2)CC1. The maximum atomic E-state index is 13.0. The molecule has 0 saturated carbocycles. The summed E-state index contributed by atoms with van der Waals surface area (Å²) in [7, 11) is -3.55. The van der Waals surface area contributed by atoms with Crippen molar-refractivity contribution in [1.82, 2.24) is 9.62 Å². The predicted octanol–water partition coefficient (Wildman–Crippen LogP) is 2.96. The standard InChI is InChI=1S/C25H30FN3O4S/c1-18-11-14-28(15-12-18)34(32,33)23-8-6-22(7-9-23)29-17-20(16-24(29)30)25(31)27-13-10-19-2-4-21(26)5-3-19/h2-9,18,20H,10-17H2,1H3,(H,27,31). The van der Waals surface area contributed by atoms with Crippen LogP contribution in [0.3, 0.4) is 0 Å². The minimum absolute atomic E-state index is 0.106. The van der Waals surface area contributed by atoms with E-state index in [1.807, 2.05) is 0 Å². The zero-order chi connectivity index (χ0) is 24.3. The second kappa shape index (κ2) is 10.2. The predicted molar refractivity (Wildman–Crippen MR) is 127 cm³/mol. The molecule has 0 aliphatic carbocycles. The third kappa shape index (κ3) is 5.47. The van der Waals surface area contributed by atoms with Crippen molar-refractivity contribution in [1.29, 1.82) is 0 Å². The van der Waals surface area contributed by atoms with Gasteiger partial charge in [-0.1, -0.05) is 19.1 Å². The van der Waals surface area contributed by atoms with Crippen molar-refractivity contribution in [2.45, 2.75) is 37.5 Å².